The molecule has 6 heteroatoms. The third-order valence-corrected chi connectivity index (χ3v) is 6.11. The number of likely N-dealkylation sites (N-methyl/N-ethyl adjacent to an activating group) is 1. The van der Waals surface area contributed by atoms with Gasteiger partial charge in [-0.25, -0.2) is 8.42 Å². The Bertz CT molecular complexity index is 594. The summed E-state index contributed by atoms with van der Waals surface area (Å²) in [5, 5.41) is 10.6. The van der Waals surface area contributed by atoms with E-state index in [0.717, 1.165) is 18.4 Å². The van der Waals surface area contributed by atoms with Gasteiger partial charge in [-0.2, -0.15) is 4.31 Å². The summed E-state index contributed by atoms with van der Waals surface area (Å²) in [5.74, 6) is 0. The van der Waals surface area contributed by atoms with E-state index in [1.807, 2.05) is 6.92 Å². The molecule has 0 amide bonds. The smallest absolute Gasteiger partial charge is 0.244 e. The molecule has 4 nitrogen and oxygen atoms in total. The fourth-order valence-corrected chi connectivity index (χ4v) is 4.49. The third-order valence-electron chi connectivity index (χ3n) is 3.83. The van der Waals surface area contributed by atoms with Crippen molar-refractivity contribution >= 4 is 21.6 Å². The van der Waals surface area contributed by atoms with E-state index in [1.165, 1.54) is 17.4 Å². The van der Waals surface area contributed by atoms with Crippen LogP contribution < -0.4 is 0 Å². The normalized spacial score (nSPS) is 18.6. The first-order valence-electron chi connectivity index (χ1n) is 6.69. The first kappa shape index (κ1) is 15.8. The van der Waals surface area contributed by atoms with Gasteiger partial charge in [-0.15, -0.1) is 0 Å². The van der Waals surface area contributed by atoms with E-state index in [0.29, 0.717) is 12.8 Å². The second kappa shape index (κ2) is 5.64. The van der Waals surface area contributed by atoms with E-state index in [4.69, 9.17) is 11.6 Å². The highest BCUT2D eigenvalue weighted by molar-refractivity contribution is 7.89. The average molecular weight is 318 g/mol. The maximum atomic E-state index is 12.5. The molecule has 0 unspecified atom stereocenters. The SMILES string of the molecule is Cc1ccc(S(=O)(=O)N(C)CC2(O)CCCC2)c(Cl)c1. The number of aryl methyl sites for hydroxylation is 1. The molecule has 20 heavy (non-hydrogen) atoms. The molecule has 1 fully saturated rings. The van der Waals surface area contributed by atoms with E-state index in [1.54, 1.807) is 12.1 Å². The van der Waals surface area contributed by atoms with Crippen LogP contribution in [0.1, 0.15) is 31.2 Å². The summed E-state index contributed by atoms with van der Waals surface area (Å²) in [4.78, 5) is 0.0915. The van der Waals surface area contributed by atoms with Crippen LogP contribution in [0.25, 0.3) is 0 Å². The van der Waals surface area contributed by atoms with Gasteiger partial charge < -0.3 is 5.11 Å². The lowest BCUT2D eigenvalue weighted by atomic mass is 10.0. The number of hydrogen-bond acceptors (Lipinski definition) is 3. The summed E-state index contributed by atoms with van der Waals surface area (Å²) in [5.41, 5.74) is 0.00458. The molecule has 112 valence electrons. The van der Waals surface area contributed by atoms with Crippen LogP contribution >= 0.6 is 11.6 Å². The van der Waals surface area contributed by atoms with Gasteiger partial charge in [0, 0.05) is 13.6 Å². The van der Waals surface area contributed by atoms with Crippen molar-refractivity contribution in [2.75, 3.05) is 13.6 Å². The molecule has 0 aromatic heterocycles. The Hall–Kier alpha value is -0.620. The van der Waals surface area contributed by atoms with Crippen molar-refractivity contribution in [2.45, 2.75) is 43.1 Å². The molecule has 1 aliphatic carbocycles. The van der Waals surface area contributed by atoms with Gasteiger partial charge in [-0.1, -0.05) is 30.5 Å². The molecule has 0 saturated heterocycles. The van der Waals surface area contributed by atoms with Crippen LogP contribution in [0.4, 0.5) is 0 Å². The summed E-state index contributed by atoms with van der Waals surface area (Å²) >= 11 is 6.04. The van der Waals surface area contributed by atoms with Gasteiger partial charge in [0.15, 0.2) is 0 Å². The molecule has 0 bridgehead atoms. The second-order valence-corrected chi connectivity index (χ2v) is 8.05. The molecule has 0 heterocycles. The van der Waals surface area contributed by atoms with E-state index >= 15 is 0 Å². The summed E-state index contributed by atoms with van der Waals surface area (Å²) in [6, 6.07) is 4.87. The molecule has 1 saturated carbocycles. The fourth-order valence-electron chi connectivity index (χ4n) is 2.67. The predicted octanol–water partition coefficient (Wildman–Crippen LogP) is 2.57. The van der Waals surface area contributed by atoms with Gasteiger partial charge in [0.1, 0.15) is 4.90 Å². The molecule has 0 spiro atoms. The Morgan fingerprint density at radius 3 is 2.50 bits per heavy atom. The topological polar surface area (TPSA) is 57.6 Å². The Labute approximate surface area is 125 Å². The van der Waals surface area contributed by atoms with Crippen molar-refractivity contribution in [3.63, 3.8) is 0 Å². The minimum atomic E-state index is -3.67. The van der Waals surface area contributed by atoms with Crippen LogP contribution in [0, 0.1) is 6.92 Å². The van der Waals surface area contributed by atoms with Crippen molar-refractivity contribution in [2.24, 2.45) is 0 Å². The van der Waals surface area contributed by atoms with Gasteiger partial charge in [-0.05, 0) is 37.5 Å². The lowest BCUT2D eigenvalue weighted by molar-refractivity contribution is 0.0333. The number of benzene rings is 1. The number of nitrogens with zero attached hydrogens (tertiary/aromatic N) is 1. The lowest BCUT2D eigenvalue weighted by Gasteiger charge is -2.28. The standard InChI is InChI=1S/C14H20ClNO3S/c1-11-5-6-13(12(15)9-11)20(18,19)16(2)10-14(17)7-3-4-8-14/h5-6,9,17H,3-4,7-8,10H2,1-2H3. The Morgan fingerprint density at radius 2 is 1.95 bits per heavy atom. The molecule has 2 rings (SSSR count). The number of sulfonamides is 1. The summed E-state index contributed by atoms with van der Waals surface area (Å²) in [7, 11) is -2.18. The van der Waals surface area contributed by atoms with Crippen molar-refractivity contribution in [1.29, 1.82) is 0 Å². The zero-order chi connectivity index (χ0) is 15.0. The van der Waals surface area contributed by atoms with Gasteiger partial charge in [0.2, 0.25) is 10.0 Å². The highest BCUT2D eigenvalue weighted by Gasteiger charge is 2.36. The summed E-state index contributed by atoms with van der Waals surface area (Å²) < 4.78 is 26.3. The zero-order valence-corrected chi connectivity index (χ0v) is 13.3. The number of rotatable bonds is 4. The molecule has 0 radical (unpaired) electrons. The molecule has 1 aromatic rings. The van der Waals surface area contributed by atoms with Crippen molar-refractivity contribution in [1.82, 2.24) is 4.31 Å². The zero-order valence-electron chi connectivity index (χ0n) is 11.8. The first-order chi connectivity index (χ1) is 9.24. The van der Waals surface area contributed by atoms with Crippen LogP contribution in [0.3, 0.4) is 0 Å². The molecule has 1 aliphatic rings. The molecular formula is C14H20ClNO3S. The maximum absolute atomic E-state index is 12.5. The van der Waals surface area contributed by atoms with Gasteiger partial charge >= 0.3 is 0 Å². The Morgan fingerprint density at radius 1 is 1.35 bits per heavy atom. The Balaban J connectivity index is 2.25. The number of hydrogen-bond donors (Lipinski definition) is 1. The molecule has 1 aromatic carbocycles. The van der Waals surface area contributed by atoms with E-state index in [9.17, 15) is 13.5 Å². The van der Waals surface area contributed by atoms with Gasteiger partial charge in [-0.3, -0.25) is 0 Å². The number of halogens is 1. The molecular weight excluding hydrogens is 298 g/mol. The highest BCUT2D eigenvalue weighted by Crippen LogP contribution is 2.32. The van der Waals surface area contributed by atoms with Crippen molar-refractivity contribution in [3.05, 3.63) is 28.8 Å². The van der Waals surface area contributed by atoms with Crippen LogP contribution in [0.5, 0.6) is 0 Å². The molecule has 1 N–H and O–H groups in total. The molecule has 0 atom stereocenters. The summed E-state index contributed by atoms with van der Waals surface area (Å²) in [6.07, 6.45) is 3.17. The number of aliphatic hydroxyl groups is 1. The van der Waals surface area contributed by atoms with E-state index in [-0.39, 0.29) is 16.5 Å². The lowest BCUT2D eigenvalue weighted by Crippen LogP contribution is -2.42. The largest absolute Gasteiger partial charge is 0.389 e. The van der Waals surface area contributed by atoms with Crippen LogP contribution in [-0.2, 0) is 10.0 Å². The Kier molecular flexibility index (Phi) is 4.44. The quantitative estimate of drug-likeness (QED) is 0.928. The summed E-state index contributed by atoms with van der Waals surface area (Å²) in [6.45, 7) is 1.97. The second-order valence-electron chi connectivity index (χ2n) is 5.63. The fraction of sp³-hybridized carbons (Fsp3) is 0.571. The molecule has 0 aliphatic heterocycles. The van der Waals surface area contributed by atoms with E-state index < -0.39 is 15.6 Å². The third kappa shape index (κ3) is 3.17. The first-order valence-corrected chi connectivity index (χ1v) is 8.51. The van der Waals surface area contributed by atoms with E-state index in [2.05, 4.69) is 0 Å². The minimum absolute atomic E-state index is 0.0915. The van der Waals surface area contributed by atoms with Crippen LogP contribution in [0.15, 0.2) is 23.1 Å². The van der Waals surface area contributed by atoms with Crippen LogP contribution in [-0.4, -0.2) is 37.0 Å². The predicted molar refractivity (Wildman–Crippen MR) is 79.4 cm³/mol. The van der Waals surface area contributed by atoms with Crippen molar-refractivity contribution in [3.8, 4) is 0 Å². The van der Waals surface area contributed by atoms with Crippen LogP contribution in [0.2, 0.25) is 5.02 Å². The van der Waals surface area contributed by atoms with Gasteiger partial charge in [0.25, 0.3) is 0 Å². The maximum Gasteiger partial charge on any atom is 0.244 e. The monoisotopic (exact) mass is 317 g/mol. The van der Waals surface area contributed by atoms with Crippen molar-refractivity contribution < 1.29 is 13.5 Å². The minimum Gasteiger partial charge on any atom is -0.389 e. The average Bonchev–Trinajstić information content (AvgIpc) is 2.75. The van der Waals surface area contributed by atoms with Gasteiger partial charge in [0.05, 0.1) is 10.6 Å². The highest BCUT2D eigenvalue weighted by atomic mass is 35.5.